The summed E-state index contributed by atoms with van der Waals surface area (Å²) >= 11 is 5.34. The molecule has 2 aliphatic heterocycles. The molecule has 0 aliphatic carbocycles. The molecule has 1 aromatic carbocycles. The number of methoxy groups -OCH3 is 2. The molecule has 0 saturated carbocycles. The van der Waals surface area contributed by atoms with Crippen molar-refractivity contribution in [2.45, 2.75) is 12.1 Å². The van der Waals surface area contributed by atoms with Crippen LogP contribution >= 0.6 is 12.2 Å². The Balaban J connectivity index is 1.98. The number of fused-ring (bicyclic) bond motifs is 1. The minimum atomic E-state index is -3.02. The monoisotopic (exact) mass is 328 g/mol. The summed E-state index contributed by atoms with van der Waals surface area (Å²) in [5.74, 6) is 1.44. The summed E-state index contributed by atoms with van der Waals surface area (Å²) in [6.07, 6.45) is 0. The molecule has 0 spiro atoms. The maximum Gasteiger partial charge on any atom is 0.174 e. The van der Waals surface area contributed by atoms with E-state index in [1.165, 1.54) is 0 Å². The predicted molar refractivity (Wildman–Crippen MR) is 84.0 cm³/mol. The van der Waals surface area contributed by atoms with Crippen molar-refractivity contribution in [3.8, 4) is 11.5 Å². The minimum Gasteiger partial charge on any atom is -0.493 e. The fourth-order valence-corrected chi connectivity index (χ4v) is 5.17. The number of anilines is 1. The summed E-state index contributed by atoms with van der Waals surface area (Å²) < 4.78 is 34.1. The SMILES string of the molecule is COc1ccc(N2C(=S)N[C@H]3CS(=O)(=O)C[C@H]32)cc1OC. The van der Waals surface area contributed by atoms with Crippen molar-refractivity contribution in [1.82, 2.24) is 5.32 Å². The van der Waals surface area contributed by atoms with E-state index >= 15 is 0 Å². The van der Waals surface area contributed by atoms with Gasteiger partial charge in [-0.1, -0.05) is 0 Å². The van der Waals surface area contributed by atoms with Crippen LogP contribution in [0.15, 0.2) is 18.2 Å². The Morgan fingerprint density at radius 2 is 1.95 bits per heavy atom. The summed E-state index contributed by atoms with van der Waals surface area (Å²) in [6.45, 7) is 0. The molecule has 0 aromatic heterocycles. The number of nitrogens with one attached hydrogen (secondary N) is 1. The molecule has 0 unspecified atom stereocenters. The van der Waals surface area contributed by atoms with Crippen LogP contribution < -0.4 is 19.7 Å². The topological polar surface area (TPSA) is 67.9 Å². The molecule has 3 rings (SSSR count). The minimum absolute atomic E-state index is 0.110. The second-order valence-electron chi connectivity index (χ2n) is 5.11. The number of thiocarbonyl (C=S) groups is 1. The Morgan fingerprint density at radius 3 is 2.62 bits per heavy atom. The third-order valence-electron chi connectivity index (χ3n) is 3.83. The Hall–Kier alpha value is -1.54. The standard InChI is InChI=1S/C13H16N2O4S2/c1-18-11-4-3-8(5-12(11)19-2)15-10-7-21(16,17)6-9(10)14-13(15)20/h3-5,9-10H,6-7H2,1-2H3,(H,14,20)/t9-,10+/m0/s1. The molecule has 8 heteroatoms. The number of sulfone groups is 1. The van der Waals surface area contributed by atoms with Crippen molar-refractivity contribution in [2.24, 2.45) is 0 Å². The average Bonchev–Trinajstić information content (AvgIpc) is 2.88. The van der Waals surface area contributed by atoms with Crippen LogP contribution in [0.1, 0.15) is 0 Å². The van der Waals surface area contributed by atoms with Crippen LogP contribution in [0.5, 0.6) is 11.5 Å². The molecular weight excluding hydrogens is 312 g/mol. The number of benzene rings is 1. The van der Waals surface area contributed by atoms with E-state index in [-0.39, 0.29) is 23.6 Å². The molecule has 2 saturated heterocycles. The molecule has 0 bridgehead atoms. The van der Waals surface area contributed by atoms with E-state index in [1.54, 1.807) is 26.4 Å². The van der Waals surface area contributed by atoms with Crippen LogP contribution in [0.3, 0.4) is 0 Å². The summed E-state index contributed by atoms with van der Waals surface area (Å²) in [7, 11) is 0.111. The molecule has 2 heterocycles. The summed E-state index contributed by atoms with van der Waals surface area (Å²) in [5.41, 5.74) is 0.801. The van der Waals surface area contributed by atoms with Crippen LogP contribution in [0.4, 0.5) is 5.69 Å². The van der Waals surface area contributed by atoms with Gasteiger partial charge in [-0.3, -0.25) is 0 Å². The van der Waals surface area contributed by atoms with Gasteiger partial charge < -0.3 is 19.7 Å². The lowest BCUT2D eigenvalue weighted by Crippen LogP contribution is -2.36. The number of hydrogen-bond acceptors (Lipinski definition) is 5. The van der Waals surface area contributed by atoms with Crippen molar-refractivity contribution < 1.29 is 17.9 Å². The van der Waals surface area contributed by atoms with Crippen molar-refractivity contribution in [3.05, 3.63) is 18.2 Å². The van der Waals surface area contributed by atoms with Gasteiger partial charge in [0, 0.05) is 11.8 Å². The Bertz CT molecular complexity index is 689. The molecule has 1 aromatic rings. The van der Waals surface area contributed by atoms with Crippen molar-refractivity contribution in [2.75, 3.05) is 30.6 Å². The zero-order valence-electron chi connectivity index (χ0n) is 11.7. The van der Waals surface area contributed by atoms with E-state index in [9.17, 15) is 8.42 Å². The fraction of sp³-hybridized carbons (Fsp3) is 0.462. The molecular formula is C13H16N2O4S2. The first-order chi connectivity index (χ1) is 9.95. The van der Waals surface area contributed by atoms with Crippen LogP contribution in [0, 0.1) is 0 Å². The van der Waals surface area contributed by atoms with E-state index in [1.807, 2.05) is 11.0 Å². The van der Waals surface area contributed by atoms with Gasteiger partial charge in [0.2, 0.25) is 0 Å². The lowest BCUT2D eigenvalue weighted by molar-refractivity contribution is 0.355. The Labute approximate surface area is 128 Å². The number of hydrogen-bond donors (Lipinski definition) is 1. The lowest BCUT2D eigenvalue weighted by Gasteiger charge is -2.24. The van der Waals surface area contributed by atoms with Crippen LogP contribution in [0.25, 0.3) is 0 Å². The van der Waals surface area contributed by atoms with Gasteiger partial charge in [0.1, 0.15) is 0 Å². The van der Waals surface area contributed by atoms with Gasteiger partial charge in [-0.15, -0.1) is 0 Å². The highest BCUT2D eigenvalue weighted by Crippen LogP contribution is 2.35. The molecule has 114 valence electrons. The third-order valence-corrected chi connectivity index (χ3v) is 5.86. The van der Waals surface area contributed by atoms with Gasteiger partial charge in [0.15, 0.2) is 26.4 Å². The van der Waals surface area contributed by atoms with E-state index in [0.717, 1.165) is 5.69 Å². The Morgan fingerprint density at radius 1 is 1.24 bits per heavy atom. The predicted octanol–water partition coefficient (Wildman–Crippen LogP) is 0.564. The van der Waals surface area contributed by atoms with Gasteiger partial charge in [-0.25, -0.2) is 8.42 Å². The second-order valence-corrected chi connectivity index (χ2v) is 7.65. The first-order valence-electron chi connectivity index (χ1n) is 6.47. The van der Waals surface area contributed by atoms with E-state index in [4.69, 9.17) is 21.7 Å². The van der Waals surface area contributed by atoms with Crippen molar-refractivity contribution in [3.63, 3.8) is 0 Å². The summed E-state index contributed by atoms with van der Waals surface area (Å²) in [4.78, 5) is 1.85. The van der Waals surface area contributed by atoms with Crippen molar-refractivity contribution in [1.29, 1.82) is 0 Å². The molecule has 2 aliphatic rings. The molecule has 2 fully saturated rings. The van der Waals surface area contributed by atoms with Gasteiger partial charge in [0.05, 0.1) is 37.8 Å². The molecule has 0 radical (unpaired) electrons. The summed E-state index contributed by atoms with van der Waals surface area (Å²) in [6, 6.07) is 5.13. The smallest absolute Gasteiger partial charge is 0.174 e. The van der Waals surface area contributed by atoms with Gasteiger partial charge in [0.25, 0.3) is 0 Å². The maximum atomic E-state index is 11.8. The number of ether oxygens (including phenoxy) is 2. The molecule has 6 nitrogen and oxygen atoms in total. The summed E-state index contributed by atoms with van der Waals surface area (Å²) in [5, 5.41) is 3.64. The molecule has 2 atom stereocenters. The largest absolute Gasteiger partial charge is 0.493 e. The van der Waals surface area contributed by atoms with Crippen LogP contribution in [0.2, 0.25) is 0 Å². The first-order valence-corrected chi connectivity index (χ1v) is 8.70. The second kappa shape index (κ2) is 5.03. The normalized spacial score (nSPS) is 26.4. The quantitative estimate of drug-likeness (QED) is 0.813. The van der Waals surface area contributed by atoms with Gasteiger partial charge >= 0.3 is 0 Å². The van der Waals surface area contributed by atoms with E-state index in [0.29, 0.717) is 16.6 Å². The van der Waals surface area contributed by atoms with E-state index in [2.05, 4.69) is 5.32 Å². The van der Waals surface area contributed by atoms with E-state index < -0.39 is 9.84 Å². The van der Waals surface area contributed by atoms with Gasteiger partial charge in [-0.05, 0) is 24.4 Å². The lowest BCUT2D eigenvalue weighted by atomic mass is 10.1. The highest BCUT2D eigenvalue weighted by Gasteiger charge is 2.47. The molecule has 1 N–H and O–H groups in total. The maximum absolute atomic E-state index is 11.8. The fourth-order valence-electron chi connectivity index (χ4n) is 2.88. The van der Waals surface area contributed by atoms with Gasteiger partial charge in [-0.2, -0.15) is 0 Å². The van der Waals surface area contributed by atoms with Crippen LogP contribution in [-0.4, -0.2) is 51.3 Å². The number of rotatable bonds is 3. The molecule has 0 amide bonds. The van der Waals surface area contributed by atoms with Crippen LogP contribution in [-0.2, 0) is 9.84 Å². The highest BCUT2D eigenvalue weighted by atomic mass is 32.2. The molecule has 21 heavy (non-hydrogen) atoms. The zero-order valence-corrected chi connectivity index (χ0v) is 13.3. The Kier molecular flexibility index (Phi) is 3.45. The average molecular weight is 328 g/mol. The highest BCUT2D eigenvalue weighted by molar-refractivity contribution is 7.91. The third kappa shape index (κ3) is 2.42. The van der Waals surface area contributed by atoms with Crippen molar-refractivity contribution >= 4 is 32.9 Å². The number of nitrogens with zero attached hydrogens (tertiary/aromatic N) is 1. The zero-order chi connectivity index (χ0) is 15.2. The first kappa shape index (κ1) is 14.4.